The fourth-order valence-corrected chi connectivity index (χ4v) is 2.24. The number of para-hydroxylation sites is 1. The molecule has 0 saturated heterocycles. The quantitative estimate of drug-likeness (QED) is 0.821. The second-order valence-electron chi connectivity index (χ2n) is 5.77. The number of nitrogens with one attached hydrogen (secondary N) is 1. The number of halogens is 3. The summed E-state index contributed by atoms with van der Waals surface area (Å²) in [7, 11) is 1.33. The van der Waals surface area contributed by atoms with Crippen LogP contribution in [0.1, 0.15) is 11.1 Å². The fraction of sp³-hybridized carbons (Fsp3) is 0.211. The van der Waals surface area contributed by atoms with Crippen LogP contribution in [0.25, 0.3) is 0 Å². The van der Waals surface area contributed by atoms with Gasteiger partial charge in [0.1, 0.15) is 5.75 Å². The van der Waals surface area contributed by atoms with E-state index in [9.17, 15) is 22.8 Å². The molecular formula is C19H16F3N3O3. The first-order chi connectivity index (χ1) is 13.2. The van der Waals surface area contributed by atoms with E-state index in [1.54, 1.807) is 18.2 Å². The number of benzene rings is 2. The van der Waals surface area contributed by atoms with Gasteiger partial charge in [-0.15, -0.1) is 0 Å². The van der Waals surface area contributed by atoms with Crippen molar-refractivity contribution >= 4 is 17.5 Å². The fourth-order valence-electron chi connectivity index (χ4n) is 2.24. The summed E-state index contributed by atoms with van der Waals surface area (Å²) in [5.74, 6) is -1.02. The van der Waals surface area contributed by atoms with E-state index in [0.29, 0.717) is 11.3 Å². The molecule has 0 aliphatic rings. The molecule has 0 fully saturated rings. The molecule has 0 unspecified atom stereocenters. The van der Waals surface area contributed by atoms with Crippen molar-refractivity contribution in [3.05, 3.63) is 59.7 Å². The van der Waals surface area contributed by atoms with Crippen LogP contribution in [0.2, 0.25) is 0 Å². The van der Waals surface area contributed by atoms with Crippen molar-refractivity contribution in [2.24, 2.45) is 0 Å². The van der Waals surface area contributed by atoms with Gasteiger partial charge in [-0.05, 0) is 30.3 Å². The normalized spacial score (nSPS) is 10.7. The van der Waals surface area contributed by atoms with Crippen molar-refractivity contribution in [1.29, 1.82) is 5.26 Å². The van der Waals surface area contributed by atoms with E-state index in [1.807, 2.05) is 6.07 Å². The Morgan fingerprint density at radius 3 is 2.57 bits per heavy atom. The lowest BCUT2D eigenvalue weighted by atomic mass is 10.1. The molecular weight excluding hydrogens is 375 g/mol. The standard InChI is InChI=1S/C19H16F3N3O3/c1-25(18(27)12-28-14-6-4-5-13(9-14)10-23)11-17(26)24-16-8-3-2-7-15(16)19(20,21)22/h2-9H,11-12H2,1H3,(H,24,26). The van der Waals surface area contributed by atoms with Crippen LogP contribution in [0.3, 0.4) is 0 Å². The maximum atomic E-state index is 13.0. The van der Waals surface area contributed by atoms with E-state index < -0.39 is 36.7 Å². The minimum Gasteiger partial charge on any atom is -0.484 e. The lowest BCUT2D eigenvalue weighted by Crippen LogP contribution is -2.37. The number of anilines is 1. The molecule has 0 bridgehead atoms. The number of alkyl halides is 3. The average Bonchev–Trinajstić information content (AvgIpc) is 2.65. The number of likely N-dealkylation sites (N-methyl/N-ethyl adjacent to an activating group) is 1. The molecule has 0 atom stereocenters. The highest BCUT2D eigenvalue weighted by molar-refractivity contribution is 5.95. The Morgan fingerprint density at radius 2 is 1.89 bits per heavy atom. The minimum absolute atomic E-state index is 0.310. The summed E-state index contributed by atoms with van der Waals surface area (Å²) in [6.45, 7) is -0.843. The van der Waals surface area contributed by atoms with Crippen molar-refractivity contribution < 1.29 is 27.5 Å². The van der Waals surface area contributed by atoms with Crippen LogP contribution in [0, 0.1) is 11.3 Å². The zero-order valence-electron chi connectivity index (χ0n) is 14.8. The second kappa shape index (κ2) is 8.90. The summed E-state index contributed by atoms with van der Waals surface area (Å²) < 4.78 is 44.1. The third kappa shape index (κ3) is 5.74. The van der Waals surface area contributed by atoms with Gasteiger partial charge in [0.2, 0.25) is 5.91 Å². The van der Waals surface area contributed by atoms with E-state index in [1.165, 1.54) is 25.2 Å². The number of ether oxygens (including phenoxy) is 1. The number of carbonyl (C=O) groups excluding carboxylic acids is 2. The molecule has 1 N–H and O–H groups in total. The molecule has 2 aromatic carbocycles. The van der Waals surface area contributed by atoms with Gasteiger partial charge in [0.25, 0.3) is 5.91 Å². The number of rotatable bonds is 6. The predicted octanol–water partition coefficient (Wildman–Crippen LogP) is 3.05. The Morgan fingerprint density at radius 1 is 1.18 bits per heavy atom. The lowest BCUT2D eigenvalue weighted by Gasteiger charge is -2.18. The number of nitriles is 1. The summed E-state index contributed by atoms with van der Waals surface area (Å²) in [5, 5.41) is 11.0. The number of hydrogen-bond acceptors (Lipinski definition) is 4. The average molecular weight is 391 g/mol. The number of amides is 2. The second-order valence-corrected chi connectivity index (χ2v) is 5.77. The zero-order valence-corrected chi connectivity index (χ0v) is 14.8. The molecule has 2 aromatic rings. The first-order valence-electron chi connectivity index (χ1n) is 8.03. The van der Waals surface area contributed by atoms with Crippen LogP contribution in [-0.4, -0.2) is 36.9 Å². The third-order valence-corrected chi connectivity index (χ3v) is 3.64. The molecule has 9 heteroatoms. The van der Waals surface area contributed by atoms with Gasteiger partial charge in [0.05, 0.1) is 29.4 Å². The SMILES string of the molecule is CN(CC(=O)Nc1ccccc1C(F)(F)F)C(=O)COc1cccc(C#N)c1. The maximum Gasteiger partial charge on any atom is 0.418 e. The minimum atomic E-state index is -4.61. The van der Waals surface area contributed by atoms with E-state index in [4.69, 9.17) is 10.00 Å². The molecule has 0 heterocycles. The molecule has 6 nitrogen and oxygen atoms in total. The van der Waals surface area contributed by atoms with Crippen molar-refractivity contribution in [2.75, 3.05) is 25.5 Å². The molecule has 28 heavy (non-hydrogen) atoms. The highest BCUT2D eigenvalue weighted by Crippen LogP contribution is 2.34. The van der Waals surface area contributed by atoms with Gasteiger partial charge in [-0.25, -0.2) is 0 Å². The molecule has 2 amide bonds. The topological polar surface area (TPSA) is 82.4 Å². The molecule has 0 spiro atoms. The van der Waals surface area contributed by atoms with Gasteiger partial charge in [-0.1, -0.05) is 18.2 Å². The third-order valence-electron chi connectivity index (χ3n) is 3.64. The molecule has 0 radical (unpaired) electrons. The predicted molar refractivity (Wildman–Crippen MR) is 94.4 cm³/mol. The van der Waals surface area contributed by atoms with Gasteiger partial charge >= 0.3 is 6.18 Å². The van der Waals surface area contributed by atoms with Crippen molar-refractivity contribution in [3.8, 4) is 11.8 Å². The summed E-state index contributed by atoms with van der Waals surface area (Å²) in [6.07, 6.45) is -4.61. The molecule has 0 aliphatic heterocycles. The summed E-state index contributed by atoms with van der Waals surface area (Å²) in [5.41, 5.74) is -0.996. The van der Waals surface area contributed by atoms with Crippen molar-refractivity contribution in [2.45, 2.75) is 6.18 Å². The van der Waals surface area contributed by atoms with Crippen LogP contribution in [0.5, 0.6) is 5.75 Å². The summed E-state index contributed by atoms with van der Waals surface area (Å²) >= 11 is 0. The summed E-state index contributed by atoms with van der Waals surface area (Å²) in [4.78, 5) is 25.1. The first-order valence-corrected chi connectivity index (χ1v) is 8.03. The van der Waals surface area contributed by atoms with E-state index in [0.717, 1.165) is 17.0 Å². The molecule has 0 aromatic heterocycles. The van der Waals surface area contributed by atoms with Crippen LogP contribution < -0.4 is 10.1 Å². The van der Waals surface area contributed by atoms with Crippen LogP contribution in [0.15, 0.2) is 48.5 Å². The molecule has 0 aliphatic carbocycles. The Labute approximate surface area is 159 Å². The molecule has 0 saturated carbocycles. The van der Waals surface area contributed by atoms with Gasteiger partial charge in [-0.3, -0.25) is 9.59 Å². The van der Waals surface area contributed by atoms with Crippen LogP contribution in [0.4, 0.5) is 18.9 Å². The van der Waals surface area contributed by atoms with Crippen molar-refractivity contribution in [3.63, 3.8) is 0 Å². The Bertz CT molecular complexity index is 907. The van der Waals surface area contributed by atoms with Crippen LogP contribution >= 0.6 is 0 Å². The maximum absolute atomic E-state index is 13.0. The Balaban J connectivity index is 1.92. The highest BCUT2D eigenvalue weighted by atomic mass is 19.4. The van der Waals surface area contributed by atoms with E-state index >= 15 is 0 Å². The number of hydrogen-bond donors (Lipinski definition) is 1. The molecule has 146 valence electrons. The van der Waals surface area contributed by atoms with Crippen LogP contribution in [-0.2, 0) is 15.8 Å². The Hall–Kier alpha value is -3.54. The van der Waals surface area contributed by atoms with Crippen molar-refractivity contribution in [1.82, 2.24) is 4.90 Å². The Kier molecular flexibility index (Phi) is 6.60. The zero-order chi connectivity index (χ0) is 20.7. The van der Waals surface area contributed by atoms with E-state index in [-0.39, 0.29) is 5.69 Å². The highest BCUT2D eigenvalue weighted by Gasteiger charge is 2.33. The molecule has 2 rings (SSSR count). The van der Waals surface area contributed by atoms with Gasteiger partial charge in [-0.2, -0.15) is 18.4 Å². The largest absolute Gasteiger partial charge is 0.484 e. The van der Waals surface area contributed by atoms with E-state index in [2.05, 4.69) is 5.32 Å². The smallest absolute Gasteiger partial charge is 0.418 e. The van der Waals surface area contributed by atoms with Gasteiger partial charge in [0.15, 0.2) is 6.61 Å². The lowest BCUT2D eigenvalue weighted by molar-refractivity contribution is -0.137. The number of carbonyl (C=O) groups is 2. The number of nitrogens with zero attached hydrogens (tertiary/aromatic N) is 2. The summed E-state index contributed by atoms with van der Waals surface area (Å²) in [6, 6.07) is 12.7. The first kappa shape index (κ1) is 20.8. The van der Waals surface area contributed by atoms with Gasteiger partial charge < -0.3 is 15.0 Å². The monoisotopic (exact) mass is 391 g/mol. The van der Waals surface area contributed by atoms with Gasteiger partial charge in [0, 0.05) is 7.05 Å².